The molecular weight excluding hydrogens is 347 g/mol. The lowest BCUT2D eigenvalue weighted by Gasteiger charge is -2.31. The number of rotatable bonds is 6. The second-order valence-electron chi connectivity index (χ2n) is 5.95. The zero-order chi connectivity index (χ0) is 18.4. The molecule has 2 aromatic rings. The van der Waals surface area contributed by atoms with E-state index >= 15 is 0 Å². The Kier molecular flexibility index (Phi) is 5.95. The van der Waals surface area contributed by atoms with Gasteiger partial charge in [0, 0.05) is 19.6 Å². The molecule has 1 aliphatic heterocycles. The second-order valence-corrected chi connectivity index (χ2v) is 5.95. The van der Waals surface area contributed by atoms with Gasteiger partial charge in [-0.05, 0) is 17.7 Å². The van der Waals surface area contributed by atoms with E-state index in [0.29, 0.717) is 19.0 Å². The van der Waals surface area contributed by atoms with Gasteiger partial charge in [-0.3, -0.25) is 4.90 Å². The second kappa shape index (κ2) is 8.37. The van der Waals surface area contributed by atoms with Crippen LogP contribution in [0.15, 0.2) is 48.7 Å². The maximum absolute atomic E-state index is 12.3. The summed E-state index contributed by atoms with van der Waals surface area (Å²) in [5.41, 5.74) is 1.08. The Morgan fingerprint density at radius 3 is 2.46 bits per heavy atom. The quantitative estimate of drug-likeness (QED) is 0.847. The number of halogens is 3. The number of pyridine rings is 1. The summed E-state index contributed by atoms with van der Waals surface area (Å²) >= 11 is 0. The minimum atomic E-state index is -4.72. The molecule has 140 valence electrons. The zero-order valence-electron chi connectivity index (χ0n) is 14.1. The topological polar surface area (TPSA) is 46.6 Å². The molecule has 26 heavy (non-hydrogen) atoms. The largest absolute Gasteiger partial charge is 0.573 e. The molecule has 1 unspecified atom stereocenters. The maximum Gasteiger partial charge on any atom is 0.573 e. The van der Waals surface area contributed by atoms with Crippen molar-refractivity contribution in [1.29, 1.82) is 0 Å². The van der Waals surface area contributed by atoms with Gasteiger partial charge in [-0.25, -0.2) is 4.98 Å². The molecule has 3 rings (SSSR count). The molecule has 0 aliphatic carbocycles. The lowest BCUT2D eigenvalue weighted by atomic mass is 10.1. The van der Waals surface area contributed by atoms with E-state index in [1.54, 1.807) is 0 Å². The Labute approximate surface area is 149 Å². The molecule has 1 aromatic carbocycles. The molecule has 0 bridgehead atoms. The number of anilines is 1. The van der Waals surface area contributed by atoms with Crippen molar-refractivity contribution in [2.24, 2.45) is 0 Å². The Bertz CT molecular complexity index is 674. The zero-order valence-corrected chi connectivity index (χ0v) is 14.1. The van der Waals surface area contributed by atoms with Crippen LogP contribution < -0.4 is 10.1 Å². The SMILES string of the molecule is FC(F)(F)Oc1ccc(NC(CN2CCOCC2)c2ccccc2)nc1. The highest BCUT2D eigenvalue weighted by atomic mass is 19.4. The van der Waals surface area contributed by atoms with E-state index in [0.717, 1.165) is 31.4 Å². The molecule has 1 fully saturated rings. The first-order valence-electron chi connectivity index (χ1n) is 8.33. The van der Waals surface area contributed by atoms with Crippen LogP contribution in [0.4, 0.5) is 19.0 Å². The summed E-state index contributed by atoms with van der Waals surface area (Å²) in [6.45, 7) is 3.83. The van der Waals surface area contributed by atoms with Crippen LogP contribution in [0.25, 0.3) is 0 Å². The number of nitrogens with zero attached hydrogens (tertiary/aromatic N) is 2. The van der Waals surface area contributed by atoms with Crippen molar-refractivity contribution in [1.82, 2.24) is 9.88 Å². The minimum Gasteiger partial charge on any atom is -0.404 e. The summed E-state index contributed by atoms with van der Waals surface area (Å²) in [5, 5.41) is 3.30. The number of aromatic nitrogens is 1. The van der Waals surface area contributed by atoms with Crippen molar-refractivity contribution in [2.45, 2.75) is 12.4 Å². The lowest BCUT2D eigenvalue weighted by Crippen LogP contribution is -2.40. The van der Waals surface area contributed by atoms with Crippen LogP contribution in [0.2, 0.25) is 0 Å². The van der Waals surface area contributed by atoms with E-state index in [2.05, 4.69) is 19.9 Å². The predicted molar refractivity (Wildman–Crippen MR) is 91.0 cm³/mol. The highest BCUT2D eigenvalue weighted by Crippen LogP contribution is 2.24. The molecule has 8 heteroatoms. The summed E-state index contributed by atoms with van der Waals surface area (Å²) in [5.74, 6) is 0.147. The van der Waals surface area contributed by atoms with Gasteiger partial charge in [0.05, 0.1) is 25.5 Å². The van der Waals surface area contributed by atoms with Crippen molar-refractivity contribution < 1.29 is 22.6 Å². The average Bonchev–Trinajstić information content (AvgIpc) is 2.63. The number of hydrogen-bond acceptors (Lipinski definition) is 5. The fourth-order valence-electron chi connectivity index (χ4n) is 2.80. The van der Waals surface area contributed by atoms with Crippen molar-refractivity contribution in [3.05, 3.63) is 54.2 Å². The maximum atomic E-state index is 12.3. The van der Waals surface area contributed by atoms with Crippen molar-refractivity contribution in [2.75, 3.05) is 38.2 Å². The molecule has 2 heterocycles. The molecule has 5 nitrogen and oxygen atoms in total. The molecule has 1 atom stereocenters. The first kappa shape index (κ1) is 18.5. The van der Waals surface area contributed by atoms with Crippen LogP contribution in [0, 0.1) is 0 Å². The molecule has 1 saturated heterocycles. The molecule has 1 aromatic heterocycles. The van der Waals surface area contributed by atoms with E-state index in [-0.39, 0.29) is 11.8 Å². The summed E-state index contributed by atoms with van der Waals surface area (Å²) in [4.78, 5) is 6.33. The monoisotopic (exact) mass is 367 g/mol. The normalized spacial score (nSPS) is 16.9. The number of ether oxygens (including phenoxy) is 2. The molecule has 0 saturated carbocycles. The first-order valence-corrected chi connectivity index (χ1v) is 8.33. The van der Waals surface area contributed by atoms with Gasteiger partial charge in [-0.15, -0.1) is 13.2 Å². The summed E-state index contributed by atoms with van der Waals surface area (Å²) < 4.78 is 46.0. The summed E-state index contributed by atoms with van der Waals surface area (Å²) in [7, 11) is 0. The third-order valence-corrected chi connectivity index (χ3v) is 4.04. The van der Waals surface area contributed by atoms with E-state index in [9.17, 15) is 13.2 Å². The van der Waals surface area contributed by atoms with Gasteiger partial charge >= 0.3 is 6.36 Å². The van der Waals surface area contributed by atoms with Gasteiger partial charge in [-0.1, -0.05) is 30.3 Å². The van der Waals surface area contributed by atoms with E-state index in [1.807, 2.05) is 30.3 Å². The standard InChI is InChI=1S/C18H20F3N3O2/c19-18(20,21)26-15-6-7-17(22-12-15)23-16(14-4-2-1-3-5-14)13-24-8-10-25-11-9-24/h1-7,12,16H,8-11,13H2,(H,22,23). The third kappa shape index (κ3) is 5.60. The van der Waals surface area contributed by atoms with E-state index in [1.165, 1.54) is 12.1 Å². The molecule has 1 aliphatic rings. The number of benzene rings is 1. The van der Waals surface area contributed by atoms with Gasteiger partial charge in [-0.2, -0.15) is 0 Å². The van der Waals surface area contributed by atoms with E-state index in [4.69, 9.17) is 4.74 Å². The van der Waals surface area contributed by atoms with Crippen LogP contribution >= 0.6 is 0 Å². The van der Waals surface area contributed by atoms with Gasteiger partial charge in [0.1, 0.15) is 11.6 Å². The average molecular weight is 367 g/mol. The summed E-state index contributed by atoms with van der Waals surface area (Å²) in [6.07, 6.45) is -3.66. The number of hydrogen-bond donors (Lipinski definition) is 1. The molecule has 0 radical (unpaired) electrons. The summed E-state index contributed by atoms with van der Waals surface area (Å²) in [6, 6.07) is 12.6. The third-order valence-electron chi connectivity index (χ3n) is 4.04. The Morgan fingerprint density at radius 1 is 1.12 bits per heavy atom. The number of morpholine rings is 1. The Hall–Kier alpha value is -2.32. The minimum absolute atomic E-state index is 0.0452. The van der Waals surface area contributed by atoms with Crippen molar-refractivity contribution in [3.63, 3.8) is 0 Å². The van der Waals surface area contributed by atoms with Gasteiger partial charge in [0.25, 0.3) is 0 Å². The van der Waals surface area contributed by atoms with Crippen LogP contribution in [0.1, 0.15) is 11.6 Å². The number of alkyl halides is 3. The Morgan fingerprint density at radius 2 is 1.85 bits per heavy atom. The van der Waals surface area contributed by atoms with Crippen LogP contribution in [-0.2, 0) is 4.74 Å². The van der Waals surface area contributed by atoms with Crippen LogP contribution in [-0.4, -0.2) is 49.1 Å². The first-order chi connectivity index (χ1) is 12.5. The lowest BCUT2D eigenvalue weighted by molar-refractivity contribution is -0.274. The van der Waals surface area contributed by atoms with Crippen LogP contribution in [0.5, 0.6) is 5.75 Å². The van der Waals surface area contributed by atoms with E-state index < -0.39 is 6.36 Å². The fraction of sp³-hybridized carbons (Fsp3) is 0.389. The van der Waals surface area contributed by atoms with Gasteiger partial charge in [0.15, 0.2) is 0 Å². The van der Waals surface area contributed by atoms with Crippen molar-refractivity contribution >= 4 is 5.82 Å². The van der Waals surface area contributed by atoms with Gasteiger partial charge in [0.2, 0.25) is 0 Å². The predicted octanol–water partition coefficient (Wildman–Crippen LogP) is 3.47. The molecule has 1 N–H and O–H groups in total. The molecular formula is C18H20F3N3O2. The highest BCUT2D eigenvalue weighted by Gasteiger charge is 2.31. The fourth-order valence-corrected chi connectivity index (χ4v) is 2.80. The van der Waals surface area contributed by atoms with Crippen molar-refractivity contribution in [3.8, 4) is 5.75 Å². The number of nitrogens with one attached hydrogen (secondary N) is 1. The van der Waals surface area contributed by atoms with Crippen LogP contribution in [0.3, 0.4) is 0 Å². The smallest absolute Gasteiger partial charge is 0.404 e. The molecule has 0 spiro atoms. The van der Waals surface area contributed by atoms with Gasteiger partial charge < -0.3 is 14.8 Å². The highest BCUT2D eigenvalue weighted by molar-refractivity contribution is 5.41. The Balaban J connectivity index is 1.70. The molecule has 0 amide bonds.